The maximum absolute atomic E-state index is 12.8. The summed E-state index contributed by atoms with van der Waals surface area (Å²) in [5.74, 6) is -0.881. The number of rotatable bonds is 7. The Bertz CT molecular complexity index is 866. The normalized spacial score (nSPS) is 12.1. The zero-order chi connectivity index (χ0) is 19.8. The molecule has 0 N–H and O–H groups in total. The number of amides is 1. The van der Waals surface area contributed by atoms with Crippen LogP contribution in [0.3, 0.4) is 0 Å². The molecule has 0 unspecified atom stereocenters. The number of hydrogen-bond acceptors (Lipinski definition) is 5. The fraction of sp³-hybridized carbons (Fsp3) is 0.286. The molecule has 1 aromatic carbocycles. The third kappa shape index (κ3) is 5.80. The van der Waals surface area contributed by atoms with Gasteiger partial charge in [0.25, 0.3) is 5.91 Å². The van der Waals surface area contributed by atoms with Gasteiger partial charge in [-0.2, -0.15) is 5.26 Å². The predicted molar refractivity (Wildman–Crippen MR) is 107 cm³/mol. The van der Waals surface area contributed by atoms with Crippen LogP contribution in [0.1, 0.15) is 29.3 Å². The highest BCUT2D eigenvalue weighted by molar-refractivity contribution is 7.11. The minimum atomic E-state index is -0.929. The number of esters is 1. The number of benzene rings is 1. The largest absolute Gasteiger partial charge is 0.449 e. The first-order chi connectivity index (χ1) is 12.9. The van der Waals surface area contributed by atoms with Gasteiger partial charge in [-0.1, -0.05) is 35.9 Å². The van der Waals surface area contributed by atoms with E-state index in [2.05, 4.69) is 0 Å². The topological polar surface area (TPSA) is 70.4 Å². The number of ether oxygens (including phenoxy) is 1. The quantitative estimate of drug-likeness (QED) is 0.538. The summed E-state index contributed by atoms with van der Waals surface area (Å²) in [4.78, 5) is 27.3. The van der Waals surface area contributed by atoms with Crippen LogP contribution < -0.4 is 0 Å². The van der Waals surface area contributed by atoms with Crippen molar-refractivity contribution in [3.63, 3.8) is 0 Å². The molecule has 0 aliphatic carbocycles. The van der Waals surface area contributed by atoms with Crippen molar-refractivity contribution in [3.8, 4) is 6.07 Å². The number of carbonyl (C=O) groups excluding carboxylic acids is 2. The highest BCUT2D eigenvalue weighted by Gasteiger charge is 2.24. The van der Waals surface area contributed by atoms with E-state index in [-0.39, 0.29) is 12.3 Å². The number of nitrogens with zero attached hydrogens (tertiary/aromatic N) is 2. The van der Waals surface area contributed by atoms with Gasteiger partial charge in [-0.05, 0) is 36.9 Å². The molecule has 0 saturated carbocycles. The Morgan fingerprint density at radius 3 is 2.74 bits per heavy atom. The van der Waals surface area contributed by atoms with Gasteiger partial charge in [0.1, 0.15) is 0 Å². The Morgan fingerprint density at radius 2 is 2.11 bits per heavy atom. The lowest BCUT2D eigenvalue weighted by atomic mass is 10.1. The van der Waals surface area contributed by atoms with Gasteiger partial charge in [0, 0.05) is 18.5 Å². The van der Waals surface area contributed by atoms with E-state index in [0.717, 1.165) is 16.0 Å². The summed E-state index contributed by atoms with van der Waals surface area (Å²) in [5, 5.41) is 10.5. The summed E-state index contributed by atoms with van der Waals surface area (Å²) in [6.45, 7) is 3.83. The summed E-state index contributed by atoms with van der Waals surface area (Å²) in [7, 11) is 1.59. The van der Waals surface area contributed by atoms with E-state index in [1.807, 2.05) is 54.8 Å². The maximum Gasteiger partial charge on any atom is 0.340 e. The monoisotopic (exact) mass is 382 g/mol. The maximum atomic E-state index is 12.8. The fourth-order valence-corrected chi connectivity index (χ4v) is 3.23. The Balaban J connectivity index is 2.20. The zero-order valence-electron chi connectivity index (χ0n) is 15.6. The number of likely N-dealkylation sites (N-methyl/N-ethyl adjacent to an activating group) is 1. The molecule has 1 amide bonds. The molecule has 0 aliphatic heterocycles. The first-order valence-electron chi connectivity index (χ1n) is 8.57. The standard InChI is InChI=1S/C21H22N2O3S/c1-15-7-4-8-17(13-15)14-18(19-9-5-12-27-19)21(25)26-16(2)20(24)23(3)11-6-10-22/h4-5,7-9,12-14,16H,6,11H2,1-3H3/b18-14+/t16-/m0/s1. The van der Waals surface area contributed by atoms with Crippen molar-refractivity contribution in [2.45, 2.75) is 26.4 Å². The van der Waals surface area contributed by atoms with Gasteiger partial charge in [-0.25, -0.2) is 4.79 Å². The molecule has 2 rings (SSSR count). The van der Waals surface area contributed by atoms with Crippen molar-refractivity contribution in [2.24, 2.45) is 0 Å². The highest BCUT2D eigenvalue weighted by Crippen LogP contribution is 2.25. The first kappa shape index (κ1) is 20.4. The summed E-state index contributed by atoms with van der Waals surface area (Å²) >= 11 is 1.44. The lowest BCUT2D eigenvalue weighted by Gasteiger charge is -2.20. The Hall–Kier alpha value is -2.91. The molecule has 0 fully saturated rings. The Labute approximate surface area is 163 Å². The summed E-state index contributed by atoms with van der Waals surface area (Å²) < 4.78 is 5.43. The fourth-order valence-electron chi connectivity index (χ4n) is 2.50. The molecule has 5 nitrogen and oxygen atoms in total. The molecule has 0 radical (unpaired) electrons. The molecular formula is C21H22N2O3S. The van der Waals surface area contributed by atoms with Gasteiger partial charge in [-0.3, -0.25) is 4.79 Å². The molecule has 1 atom stereocenters. The smallest absolute Gasteiger partial charge is 0.340 e. The molecule has 0 bridgehead atoms. The summed E-state index contributed by atoms with van der Waals surface area (Å²) in [6.07, 6.45) is 1.08. The van der Waals surface area contributed by atoms with Crippen LogP contribution in [0.25, 0.3) is 11.6 Å². The van der Waals surface area contributed by atoms with Crippen molar-refractivity contribution < 1.29 is 14.3 Å². The molecule has 0 saturated heterocycles. The minimum Gasteiger partial charge on any atom is -0.449 e. The van der Waals surface area contributed by atoms with Gasteiger partial charge >= 0.3 is 5.97 Å². The van der Waals surface area contributed by atoms with Crippen LogP contribution in [0.4, 0.5) is 0 Å². The summed E-state index contributed by atoms with van der Waals surface area (Å²) in [5.41, 5.74) is 2.39. The first-order valence-corrected chi connectivity index (χ1v) is 9.45. The summed E-state index contributed by atoms with van der Waals surface area (Å²) in [6, 6.07) is 13.5. The van der Waals surface area contributed by atoms with Crippen LogP contribution in [0.2, 0.25) is 0 Å². The lowest BCUT2D eigenvalue weighted by Crippen LogP contribution is -2.38. The number of aryl methyl sites for hydroxylation is 1. The van der Waals surface area contributed by atoms with Gasteiger partial charge < -0.3 is 9.64 Å². The van der Waals surface area contributed by atoms with Crippen molar-refractivity contribution in [1.29, 1.82) is 5.26 Å². The van der Waals surface area contributed by atoms with Gasteiger partial charge in [0.2, 0.25) is 0 Å². The SMILES string of the molecule is Cc1cccc(/C=C(/C(=O)O[C@@H](C)C(=O)N(C)CCC#N)c2cccs2)c1. The third-order valence-corrected chi connectivity index (χ3v) is 4.83. The molecule has 1 heterocycles. The predicted octanol–water partition coefficient (Wildman–Crippen LogP) is 3.90. The average molecular weight is 382 g/mol. The van der Waals surface area contributed by atoms with E-state index in [0.29, 0.717) is 12.1 Å². The number of hydrogen-bond donors (Lipinski definition) is 0. The van der Waals surface area contributed by atoms with E-state index in [9.17, 15) is 9.59 Å². The van der Waals surface area contributed by atoms with Gasteiger partial charge in [0.15, 0.2) is 6.10 Å². The molecule has 0 aliphatic rings. The molecule has 27 heavy (non-hydrogen) atoms. The minimum absolute atomic E-state index is 0.233. The number of carbonyl (C=O) groups is 2. The van der Waals surface area contributed by atoms with Crippen molar-refractivity contribution in [1.82, 2.24) is 4.90 Å². The van der Waals surface area contributed by atoms with Gasteiger partial charge in [0.05, 0.1) is 18.1 Å². The van der Waals surface area contributed by atoms with E-state index in [1.165, 1.54) is 16.2 Å². The second-order valence-corrected chi connectivity index (χ2v) is 7.11. The molecule has 2 aromatic rings. The lowest BCUT2D eigenvalue weighted by molar-refractivity contribution is -0.153. The Kier molecular flexibility index (Phi) is 7.33. The molecule has 6 heteroatoms. The van der Waals surface area contributed by atoms with E-state index >= 15 is 0 Å². The van der Waals surface area contributed by atoms with E-state index < -0.39 is 12.1 Å². The van der Waals surface area contributed by atoms with Gasteiger partial charge in [-0.15, -0.1) is 11.3 Å². The van der Waals surface area contributed by atoms with Crippen LogP contribution in [0, 0.1) is 18.3 Å². The van der Waals surface area contributed by atoms with Crippen LogP contribution in [-0.4, -0.2) is 36.5 Å². The molecule has 0 spiro atoms. The average Bonchev–Trinajstić information content (AvgIpc) is 3.17. The van der Waals surface area contributed by atoms with E-state index in [4.69, 9.17) is 10.00 Å². The van der Waals surface area contributed by atoms with Crippen LogP contribution in [0.5, 0.6) is 0 Å². The molecule has 1 aromatic heterocycles. The van der Waals surface area contributed by atoms with Crippen LogP contribution in [-0.2, 0) is 14.3 Å². The van der Waals surface area contributed by atoms with Crippen molar-refractivity contribution in [2.75, 3.05) is 13.6 Å². The Morgan fingerprint density at radius 1 is 1.33 bits per heavy atom. The second kappa shape index (κ2) is 9.70. The van der Waals surface area contributed by atoms with Crippen molar-refractivity contribution in [3.05, 3.63) is 57.8 Å². The van der Waals surface area contributed by atoms with Crippen LogP contribution >= 0.6 is 11.3 Å². The number of thiophene rings is 1. The zero-order valence-corrected chi connectivity index (χ0v) is 16.5. The third-order valence-electron chi connectivity index (χ3n) is 3.93. The van der Waals surface area contributed by atoms with Crippen LogP contribution in [0.15, 0.2) is 41.8 Å². The molecular weight excluding hydrogens is 360 g/mol. The second-order valence-electron chi connectivity index (χ2n) is 6.16. The van der Waals surface area contributed by atoms with Crippen molar-refractivity contribution >= 4 is 34.9 Å². The van der Waals surface area contributed by atoms with E-state index in [1.54, 1.807) is 20.0 Å². The molecule has 140 valence electrons. The highest BCUT2D eigenvalue weighted by atomic mass is 32.1. The number of nitriles is 1.